The van der Waals surface area contributed by atoms with E-state index in [2.05, 4.69) is 27.7 Å². The molecule has 3 atom stereocenters. The standard InChI is InChI=1S/C21H29N5O2S/c1-3-12-25-19(28)15-9-5-7-11-17(15)26-20(25)23-24-21(26)29-13-18(27)22-16-10-6-4-8-14(16)2/h4,6,8,10,15,17,20,23H,3,5,7,9,11-13H2,1-2H3,(H,22,27). The summed E-state index contributed by atoms with van der Waals surface area (Å²) >= 11 is 1.44. The van der Waals surface area contributed by atoms with Crippen LogP contribution in [0, 0.1) is 12.8 Å². The fourth-order valence-corrected chi connectivity index (χ4v) is 5.39. The first-order valence-electron chi connectivity index (χ1n) is 10.5. The molecule has 1 aromatic rings. The minimum absolute atomic E-state index is 0.0399. The Kier molecular flexibility index (Phi) is 5.99. The van der Waals surface area contributed by atoms with Gasteiger partial charge in [0.05, 0.1) is 11.7 Å². The molecule has 2 aliphatic heterocycles. The van der Waals surface area contributed by atoms with Crippen LogP contribution in [0.5, 0.6) is 0 Å². The third-order valence-corrected chi connectivity index (χ3v) is 6.93. The zero-order valence-corrected chi connectivity index (χ0v) is 17.9. The van der Waals surface area contributed by atoms with Gasteiger partial charge in [-0.2, -0.15) is 5.10 Å². The number of nitrogens with zero attached hydrogens (tertiary/aromatic N) is 3. The van der Waals surface area contributed by atoms with E-state index in [-0.39, 0.29) is 35.8 Å². The van der Waals surface area contributed by atoms with E-state index in [0.29, 0.717) is 0 Å². The molecule has 2 N–H and O–H groups in total. The smallest absolute Gasteiger partial charge is 0.234 e. The number of para-hydroxylation sites is 1. The maximum atomic E-state index is 13.0. The Morgan fingerprint density at radius 2 is 2.10 bits per heavy atom. The van der Waals surface area contributed by atoms with Gasteiger partial charge in [0.25, 0.3) is 0 Å². The number of anilines is 1. The van der Waals surface area contributed by atoms with E-state index in [1.54, 1.807) is 0 Å². The largest absolute Gasteiger partial charge is 0.325 e. The fraction of sp³-hybridized carbons (Fsp3) is 0.571. The van der Waals surface area contributed by atoms with Gasteiger partial charge < -0.3 is 15.1 Å². The zero-order valence-electron chi connectivity index (χ0n) is 17.1. The predicted octanol–water partition coefficient (Wildman–Crippen LogP) is 2.94. The Morgan fingerprint density at radius 3 is 2.90 bits per heavy atom. The van der Waals surface area contributed by atoms with E-state index in [0.717, 1.165) is 55.1 Å². The number of rotatable bonds is 5. The lowest BCUT2D eigenvalue weighted by Crippen LogP contribution is -2.67. The van der Waals surface area contributed by atoms with Crippen LogP contribution in [0.15, 0.2) is 29.4 Å². The molecule has 0 aromatic heterocycles. The lowest BCUT2D eigenvalue weighted by atomic mass is 9.81. The average Bonchev–Trinajstić information content (AvgIpc) is 3.15. The monoisotopic (exact) mass is 415 g/mol. The van der Waals surface area contributed by atoms with Crippen molar-refractivity contribution in [3.63, 3.8) is 0 Å². The highest BCUT2D eigenvalue weighted by atomic mass is 32.2. The van der Waals surface area contributed by atoms with Crippen LogP contribution in [-0.4, -0.2) is 51.4 Å². The van der Waals surface area contributed by atoms with E-state index in [9.17, 15) is 9.59 Å². The third kappa shape index (κ3) is 3.95. The Labute approximate surface area is 176 Å². The van der Waals surface area contributed by atoms with E-state index in [1.165, 1.54) is 11.8 Å². The van der Waals surface area contributed by atoms with Crippen molar-refractivity contribution >= 4 is 34.4 Å². The first-order chi connectivity index (χ1) is 14.1. The Bertz CT molecular complexity index is 814. The molecule has 29 heavy (non-hydrogen) atoms. The van der Waals surface area contributed by atoms with Crippen molar-refractivity contribution in [1.82, 2.24) is 15.2 Å². The number of hydrogen-bond acceptors (Lipinski definition) is 6. The van der Waals surface area contributed by atoms with Crippen LogP contribution in [0.4, 0.5) is 5.69 Å². The summed E-state index contributed by atoms with van der Waals surface area (Å²) in [5.74, 6) is 0.535. The summed E-state index contributed by atoms with van der Waals surface area (Å²) in [6.07, 6.45) is 4.89. The normalized spacial score (nSPS) is 25.8. The molecule has 2 heterocycles. The number of hydrogen-bond donors (Lipinski definition) is 2. The highest BCUT2D eigenvalue weighted by molar-refractivity contribution is 8.14. The van der Waals surface area contributed by atoms with E-state index < -0.39 is 0 Å². The maximum Gasteiger partial charge on any atom is 0.234 e. The van der Waals surface area contributed by atoms with Crippen LogP contribution in [0.2, 0.25) is 0 Å². The molecule has 1 aliphatic carbocycles. The minimum Gasteiger partial charge on any atom is -0.325 e. The number of amides is 2. The van der Waals surface area contributed by atoms with Crippen LogP contribution in [0.3, 0.4) is 0 Å². The molecule has 0 radical (unpaired) electrons. The Morgan fingerprint density at radius 1 is 1.31 bits per heavy atom. The van der Waals surface area contributed by atoms with Crippen molar-refractivity contribution in [2.45, 2.75) is 58.3 Å². The van der Waals surface area contributed by atoms with Crippen molar-refractivity contribution in [1.29, 1.82) is 0 Å². The molecule has 1 saturated carbocycles. The van der Waals surface area contributed by atoms with Gasteiger partial charge in [-0.05, 0) is 37.8 Å². The molecular weight excluding hydrogens is 386 g/mol. The Hall–Kier alpha value is -2.22. The first kappa shape index (κ1) is 20.1. The number of benzene rings is 1. The molecule has 7 nitrogen and oxygen atoms in total. The van der Waals surface area contributed by atoms with Gasteiger partial charge in [-0.15, -0.1) is 0 Å². The Balaban J connectivity index is 1.44. The van der Waals surface area contributed by atoms with Gasteiger partial charge in [-0.25, -0.2) is 0 Å². The molecule has 0 bridgehead atoms. The second-order valence-corrected chi connectivity index (χ2v) is 8.89. The summed E-state index contributed by atoms with van der Waals surface area (Å²) in [7, 11) is 0. The molecule has 1 saturated heterocycles. The number of carbonyl (C=O) groups excluding carboxylic acids is 2. The molecule has 3 unspecified atom stereocenters. The van der Waals surface area contributed by atoms with E-state index in [1.807, 2.05) is 36.1 Å². The maximum absolute atomic E-state index is 13.0. The van der Waals surface area contributed by atoms with Gasteiger partial charge in [-0.1, -0.05) is 49.7 Å². The van der Waals surface area contributed by atoms with Gasteiger partial charge >= 0.3 is 0 Å². The predicted molar refractivity (Wildman–Crippen MR) is 116 cm³/mol. The lowest BCUT2D eigenvalue weighted by Gasteiger charge is -2.50. The zero-order chi connectivity index (χ0) is 20.4. The van der Waals surface area contributed by atoms with Gasteiger partial charge in [0.15, 0.2) is 11.5 Å². The number of amidine groups is 1. The van der Waals surface area contributed by atoms with Crippen LogP contribution in [0.1, 0.15) is 44.6 Å². The summed E-state index contributed by atoms with van der Waals surface area (Å²) in [4.78, 5) is 29.7. The fourth-order valence-electron chi connectivity index (χ4n) is 4.56. The molecule has 3 aliphatic rings. The molecule has 2 fully saturated rings. The number of carbonyl (C=O) groups is 2. The molecule has 2 amide bonds. The van der Waals surface area contributed by atoms with Crippen LogP contribution < -0.4 is 10.7 Å². The van der Waals surface area contributed by atoms with Gasteiger partial charge in [0.2, 0.25) is 11.8 Å². The summed E-state index contributed by atoms with van der Waals surface area (Å²) in [5.41, 5.74) is 5.04. The van der Waals surface area contributed by atoms with Crippen molar-refractivity contribution in [3.05, 3.63) is 29.8 Å². The van der Waals surface area contributed by atoms with Crippen LogP contribution >= 0.6 is 11.8 Å². The number of hydrazone groups is 1. The average molecular weight is 416 g/mol. The SMILES string of the molecule is CCCN1C(=O)C2CCCCC2N2C(SCC(=O)Nc3ccccc3C)=NNC12. The number of thioether (sulfide) groups is 1. The highest BCUT2D eigenvalue weighted by Gasteiger charge is 2.50. The van der Waals surface area contributed by atoms with Crippen molar-refractivity contribution in [2.24, 2.45) is 11.0 Å². The van der Waals surface area contributed by atoms with E-state index in [4.69, 9.17) is 0 Å². The van der Waals surface area contributed by atoms with Crippen molar-refractivity contribution in [2.75, 3.05) is 17.6 Å². The van der Waals surface area contributed by atoms with Gasteiger partial charge in [0.1, 0.15) is 0 Å². The van der Waals surface area contributed by atoms with Crippen LogP contribution in [0.25, 0.3) is 0 Å². The number of fused-ring (bicyclic) bond motifs is 3. The highest BCUT2D eigenvalue weighted by Crippen LogP contribution is 2.38. The molecule has 1 aromatic carbocycles. The second-order valence-electron chi connectivity index (χ2n) is 7.95. The third-order valence-electron chi connectivity index (χ3n) is 5.96. The summed E-state index contributed by atoms with van der Waals surface area (Å²) in [6, 6.07) is 7.94. The molecule has 0 spiro atoms. The van der Waals surface area contributed by atoms with Crippen molar-refractivity contribution < 1.29 is 9.59 Å². The summed E-state index contributed by atoms with van der Waals surface area (Å²) < 4.78 is 0. The van der Waals surface area contributed by atoms with Gasteiger partial charge in [0, 0.05) is 18.3 Å². The lowest BCUT2D eigenvalue weighted by molar-refractivity contribution is -0.155. The summed E-state index contributed by atoms with van der Waals surface area (Å²) in [5, 5.41) is 8.32. The quantitative estimate of drug-likeness (QED) is 0.773. The minimum atomic E-state index is -0.219. The number of nitrogens with one attached hydrogen (secondary N) is 2. The topological polar surface area (TPSA) is 77.0 Å². The van der Waals surface area contributed by atoms with Crippen molar-refractivity contribution in [3.8, 4) is 0 Å². The molecular formula is C21H29N5O2S. The summed E-state index contributed by atoms with van der Waals surface area (Å²) in [6.45, 7) is 4.79. The van der Waals surface area contributed by atoms with E-state index >= 15 is 0 Å². The molecule has 156 valence electrons. The second kappa shape index (κ2) is 8.65. The number of aryl methyl sites for hydroxylation is 1. The van der Waals surface area contributed by atoms with Crippen LogP contribution in [-0.2, 0) is 9.59 Å². The first-order valence-corrected chi connectivity index (χ1v) is 11.5. The molecule has 4 rings (SSSR count). The van der Waals surface area contributed by atoms with Gasteiger partial charge in [-0.3, -0.25) is 15.0 Å². The molecule has 8 heteroatoms.